The topological polar surface area (TPSA) is 42.2 Å². The number of aromatic nitrogens is 1. The van der Waals surface area contributed by atoms with Crippen molar-refractivity contribution in [2.24, 2.45) is 0 Å². The molecular formula is C14H17NO2. The van der Waals surface area contributed by atoms with Crippen molar-refractivity contribution in [1.82, 2.24) is 4.57 Å². The van der Waals surface area contributed by atoms with Gasteiger partial charge in [-0.3, -0.25) is 4.79 Å². The predicted octanol–water partition coefficient (Wildman–Crippen LogP) is 2.60. The summed E-state index contributed by atoms with van der Waals surface area (Å²) in [5.41, 5.74) is 2.32. The van der Waals surface area contributed by atoms with Crippen molar-refractivity contribution < 1.29 is 5.11 Å². The van der Waals surface area contributed by atoms with Gasteiger partial charge in [-0.25, -0.2) is 0 Å². The van der Waals surface area contributed by atoms with Crippen molar-refractivity contribution in [2.45, 2.75) is 33.7 Å². The summed E-state index contributed by atoms with van der Waals surface area (Å²) in [5.74, 6) is 0.136. The van der Waals surface area contributed by atoms with Crippen molar-refractivity contribution in [3.05, 3.63) is 39.7 Å². The van der Waals surface area contributed by atoms with E-state index in [1.54, 1.807) is 4.57 Å². The molecule has 0 aliphatic heterocycles. The Labute approximate surface area is 100 Å². The molecule has 0 unspecified atom stereocenters. The van der Waals surface area contributed by atoms with Gasteiger partial charge in [0.25, 0.3) is 5.56 Å². The zero-order valence-electron chi connectivity index (χ0n) is 10.4. The molecule has 1 heterocycles. The molecule has 0 aliphatic carbocycles. The van der Waals surface area contributed by atoms with E-state index in [1.807, 2.05) is 39.0 Å². The maximum absolute atomic E-state index is 12.2. The van der Waals surface area contributed by atoms with E-state index < -0.39 is 0 Å². The summed E-state index contributed by atoms with van der Waals surface area (Å²) in [6.07, 6.45) is 0.550. The normalized spacial score (nSPS) is 11.0. The third-order valence-corrected chi connectivity index (χ3v) is 3.16. The zero-order valence-corrected chi connectivity index (χ0v) is 10.4. The van der Waals surface area contributed by atoms with Crippen LogP contribution in [0.3, 0.4) is 0 Å². The van der Waals surface area contributed by atoms with E-state index in [2.05, 4.69) is 0 Å². The van der Waals surface area contributed by atoms with Crippen LogP contribution in [0.1, 0.15) is 25.0 Å². The minimum Gasteiger partial charge on any atom is -0.507 e. The Balaban J connectivity index is 3.01. The lowest BCUT2D eigenvalue weighted by molar-refractivity contribution is 0.471. The van der Waals surface area contributed by atoms with E-state index in [0.717, 1.165) is 16.5 Å². The van der Waals surface area contributed by atoms with Crippen LogP contribution < -0.4 is 5.56 Å². The molecular weight excluding hydrogens is 214 g/mol. The standard InChI is InChI=1S/C14H17NO2/c1-4-10-13(16)11-7-6-9(3)8-12(11)15(5-2)14(10)17/h6-8,16H,4-5H2,1-3H3. The van der Waals surface area contributed by atoms with E-state index >= 15 is 0 Å². The quantitative estimate of drug-likeness (QED) is 0.863. The van der Waals surface area contributed by atoms with Gasteiger partial charge in [-0.05, 0) is 38.0 Å². The van der Waals surface area contributed by atoms with Crippen molar-refractivity contribution in [2.75, 3.05) is 0 Å². The molecule has 0 amide bonds. The number of hydrogen-bond donors (Lipinski definition) is 1. The number of rotatable bonds is 2. The molecule has 1 aromatic carbocycles. The van der Waals surface area contributed by atoms with Crippen LogP contribution in [0.2, 0.25) is 0 Å². The highest BCUT2D eigenvalue weighted by Gasteiger charge is 2.13. The van der Waals surface area contributed by atoms with Crippen LogP contribution >= 0.6 is 0 Å². The third kappa shape index (κ3) is 1.71. The Kier molecular flexibility index (Phi) is 2.92. The molecule has 2 aromatic rings. The summed E-state index contributed by atoms with van der Waals surface area (Å²) >= 11 is 0. The molecule has 1 N–H and O–H groups in total. The van der Waals surface area contributed by atoms with Crippen LogP contribution in [0.4, 0.5) is 0 Å². The van der Waals surface area contributed by atoms with E-state index in [1.165, 1.54) is 0 Å². The first-order valence-corrected chi connectivity index (χ1v) is 5.95. The highest BCUT2D eigenvalue weighted by atomic mass is 16.3. The van der Waals surface area contributed by atoms with Crippen LogP contribution in [-0.2, 0) is 13.0 Å². The fourth-order valence-corrected chi connectivity index (χ4v) is 2.23. The number of benzene rings is 1. The molecule has 0 saturated heterocycles. The molecule has 0 bridgehead atoms. The average molecular weight is 231 g/mol. The minimum absolute atomic E-state index is 0.0781. The fraction of sp³-hybridized carbons (Fsp3) is 0.357. The smallest absolute Gasteiger partial charge is 0.257 e. The van der Waals surface area contributed by atoms with Crippen molar-refractivity contribution in [1.29, 1.82) is 0 Å². The second kappa shape index (κ2) is 4.24. The third-order valence-electron chi connectivity index (χ3n) is 3.16. The molecule has 0 fully saturated rings. The lowest BCUT2D eigenvalue weighted by Crippen LogP contribution is -2.23. The van der Waals surface area contributed by atoms with E-state index in [0.29, 0.717) is 18.5 Å². The van der Waals surface area contributed by atoms with Gasteiger partial charge in [0, 0.05) is 11.9 Å². The Morgan fingerprint density at radius 3 is 2.59 bits per heavy atom. The lowest BCUT2D eigenvalue weighted by atomic mass is 10.1. The van der Waals surface area contributed by atoms with Crippen molar-refractivity contribution in [3.8, 4) is 5.75 Å². The van der Waals surface area contributed by atoms with Gasteiger partial charge in [0.05, 0.1) is 11.1 Å². The first-order chi connectivity index (χ1) is 8.10. The highest BCUT2D eigenvalue weighted by Crippen LogP contribution is 2.27. The molecule has 0 atom stereocenters. The van der Waals surface area contributed by atoms with Gasteiger partial charge in [0.15, 0.2) is 0 Å². The molecule has 0 radical (unpaired) electrons. The SMILES string of the molecule is CCc1c(O)c2ccc(C)cc2n(CC)c1=O. The minimum atomic E-state index is -0.0781. The first-order valence-electron chi connectivity index (χ1n) is 5.95. The largest absolute Gasteiger partial charge is 0.507 e. The van der Waals surface area contributed by atoms with Crippen LogP contribution in [0.5, 0.6) is 5.75 Å². The first kappa shape index (κ1) is 11.7. The van der Waals surface area contributed by atoms with Crippen LogP contribution in [0, 0.1) is 6.92 Å². The summed E-state index contributed by atoms with van der Waals surface area (Å²) in [6.45, 7) is 6.43. The monoisotopic (exact) mass is 231 g/mol. The number of aromatic hydroxyl groups is 1. The van der Waals surface area contributed by atoms with E-state index in [4.69, 9.17) is 0 Å². The number of pyridine rings is 1. The summed E-state index contributed by atoms with van der Waals surface area (Å²) in [4.78, 5) is 12.2. The molecule has 3 heteroatoms. The number of nitrogens with zero attached hydrogens (tertiary/aromatic N) is 1. The van der Waals surface area contributed by atoms with Crippen molar-refractivity contribution >= 4 is 10.9 Å². The molecule has 90 valence electrons. The molecule has 0 aliphatic rings. The molecule has 0 saturated carbocycles. The van der Waals surface area contributed by atoms with Gasteiger partial charge in [-0.15, -0.1) is 0 Å². The Morgan fingerprint density at radius 2 is 2.00 bits per heavy atom. The maximum atomic E-state index is 12.2. The Morgan fingerprint density at radius 1 is 1.29 bits per heavy atom. The van der Waals surface area contributed by atoms with Gasteiger partial charge in [-0.2, -0.15) is 0 Å². The number of hydrogen-bond acceptors (Lipinski definition) is 2. The molecule has 0 spiro atoms. The molecule has 3 nitrogen and oxygen atoms in total. The summed E-state index contributed by atoms with van der Waals surface area (Å²) in [7, 11) is 0. The second-order valence-corrected chi connectivity index (χ2v) is 4.25. The fourth-order valence-electron chi connectivity index (χ4n) is 2.23. The van der Waals surface area contributed by atoms with Gasteiger partial charge in [-0.1, -0.05) is 13.0 Å². The molecule has 1 aromatic heterocycles. The van der Waals surface area contributed by atoms with Crippen LogP contribution in [-0.4, -0.2) is 9.67 Å². The van der Waals surface area contributed by atoms with E-state index in [-0.39, 0.29) is 11.3 Å². The Hall–Kier alpha value is -1.77. The predicted molar refractivity (Wildman–Crippen MR) is 69.7 cm³/mol. The number of aryl methyl sites for hydroxylation is 2. The van der Waals surface area contributed by atoms with Crippen LogP contribution in [0.15, 0.2) is 23.0 Å². The lowest BCUT2D eigenvalue weighted by Gasteiger charge is -2.13. The second-order valence-electron chi connectivity index (χ2n) is 4.25. The van der Waals surface area contributed by atoms with Gasteiger partial charge in [0.1, 0.15) is 5.75 Å². The molecule has 17 heavy (non-hydrogen) atoms. The van der Waals surface area contributed by atoms with Crippen LogP contribution in [0.25, 0.3) is 10.9 Å². The zero-order chi connectivity index (χ0) is 12.6. The van der Waals surface area contributed by atoms with Gasteiger partial charge >= 0.3 is 0 Å². The van der Waals surface area contributed by atoms with E-state index in [9.17, 15) is 9.90 Å². The van der Waals surface area contributed by atoms with Crippen molar-refractivity contribution in [3.63, 3.8) is 0 Å². The van der Waals surface area contributed by atoms with Gasteiger partial charge < -0.3 is 9.67 Å². The summed E-state index contributed by atoms with van der Waals surface area (Å²) < 4.78 is 1.72. The Bertz CT molecular complexity index is 626. The molecule has 2 rings (SSSR count). The van der Waals surface area contributed by atoms with Gasteiger partial charge in [0.2, 0.25) is 0 Å². The number of fused-ring (bicyclic) bond motifs is 1. The summed E-state index contributed by atoms with van der Waals surface area (Å²) in [6, 6.07) is 5.77. The highest BCUT2D eigenvalue weighted by molar-refractivity contribution is 5.86. The maximum Gasteiger partial charge on any atom is 0.257 e. The summed E-state index contributed by atoms with van der Waals surface area (Å²) in [5, 5.41) is 10.9. The average Bonchev–Trinajstić information content (AvgIpc) is 2.30.